The Morgan fingerprint density at radius 3 is 2.78 bits per heavy atom. The molecular formula is C12H9BrClNO2S. The van der Waals surface area contributed by atoms with Crippen molar-refractivity contribution in [3.05, 3.63) is 49.6 Å². The molecule has 1 heterocycles. The van der Waals surface area contributed by atoms with Crippen molar-refractivity contribution in [2.24, 2.45) is 0 Å². The molecule has 0 aliphatic carbocycles. The summed E-state index contributed by atoms with van der Waals surface area (Å²) >= 11 is 10.6. The third-order valence-corrected chi connectivity index (χ3v) is 3.93. The van der Waals surface area contributed by atoms with Gasteiger partial charge >= 0.3 is 5.97 Å². The smallest absolute Gasteiger partial charge is 0.335 e. The molecule has 3 nitrogen and oxygen atoms in total. The summed E-state index contributed by atoms with van der Waals surface area (Å²) in [5.74, 6) is -0.946. The number of rotatable bonds is 4. The van der Waals surface area contributed by atoms with Gasteiger partial charge in [-0.2, -0.15) is 0 Å². The zero-order valence-electron chi connectivity index (χ0n) is 9.11. The number of benzene rings is 1. The first kappa shape index (κ1) is 13.4. The molecule has 0 saturated carbocycles. The summed E-state index contributed by atoms with van der Waals surface area (Å²) in [6, 6.07) is 8.78. The molecule has 0 atom stereocenters. The van der Waals surface area contributed by atoms with Crippen molar-refractivity contribution in [1.82, 2.24) is 0 Å². The highest BCUT2D eigenvalue weighted by atomic mass is 79.9. The van der Waals surface area contributed by atoms with Crippen LogP contribution in [0.3, 0.4) is 0 Å². The lowest BCUT2D eigenvalue weighted by Crippen LogP contribution is -2.01. The minimum Gasteiger partial charge on any atom is -0.478 e. The van der Waals surface area contributed by atoms with E-state index in [0.29, 0.717) is 6.54 Å². The fourth-order valence-corrected chi connectivity index (χ4v) is 2.97. The predicted molar refractivity (Wildman–Crippen MR) is 77.8 cm³/mol. The minimum atomic E-state index is -0.946. The van der Waals surface area contributed by atoms with E-state index in [4.69, 9.17) is 16.7 Å². The first-order valence-electron chi connectivity index (χ1n) is 5.06. The Morgan fingerprint density at radius 2 is 2.17 bits per heavy atom. The molecule has 0 spiro atoms. The van der Waals surface area contributed by atoms with Gasteiger partial charge in [0.15, 0.2) is 0 Å². The number of carboxylic acid groups (broad SMARTS) is 1. The van der Waals surface area contributed by atoms with Gasteiger partial charge in [0.25, 0.3) is 0 Å². The van der Waals surface area contributed by atoms with E-state index in [0.717, 1.165) is 19.4 Å². The molecule has 1 aromatic heterocycles. The third kappa shape index (κ3) is 3.48. The van der Waals surface area contributed by atoms with Crippen LogP contribution >= 0.6 is 38.9 Å². The van der Waals surface area contributed by atoms with Gasteiger partial charge in [-0.3, -0.25) is 0 Å². The Labute approximate surface area is 122 Å². The maximum Gasteiger partial charge on any atom is 0.335 e. The van der Waals surface area contributed by atoms with Gasteiger partial charge in [-0.15, -0.1) is 11.3 Å². The minimum absolute atomic E-state index is 0.246. The van der Waals surface area contributed by atoms with Crippen LogP contribution in [-0.4, -0.2) is 11.1 Å². The highest BCUT2D eigenvalue weighted by Crippen LogP contribution is 2.24. The summed E-state index contributed by atoms with van der Waals surface area (Å²) in [4.78, 5) is 12.0. The summed E-state index contributed by atoms with van der Waals surface area (Å²) in [5.41, 5.74) is 1.00. The summed E-state index contributed by atoms with van der Waals surface area (Å²) < 4.78 is 1.47. The quantitative estimate of drug-likeness (QED) is 0.858. The Bertz CT molecular complexity index is 585. The Kier molecular flexibility index (Phi) is 4.27. The zero-order valence-corrected chi connectivity index (χ0v) is 12.3. The number of carbonyl (C=O) groups is 1. The van der Waals surface area contributed by atoms with E-state index in [9.17, 15) is 4.79 Å². The topological polar surface area (TPSA) is 49.3 Å². The lowest BCUT2D eigenvalue weighted by molar-refractivity contribution is 0.0697. The molecular weight excluding hydrogens is 338 g/mol. The monoisotopic (exact) mass is 345 g/mol. The molecule has 0 unspecified atom stereocenters. The number of aromatic carboxylic acids is 1. The molecule has 2 N–H and O–H groups in total. The van der Waals surface area contributed by atoms with E-state index in [1.165, 1.54) is 11.3 Å². The fourth-order valence-electron chi connectivity index (χ4n) is 1.45. The second-order valence-electron chi connectivity index (χ2n) is 3.59. The number of carboxylic acids is 1. The first-order chi connectivity index (χ1) is 8.54. The van der Waals surface area contributed by atoms with Crippen LogP contribution in [0.2, 0.25) is 4.34 Å². The van der Waals surface area contributed by atoms with E-state index >= 15 is 0 Å². The number of thiophene rings is 1. The fraction of sp³-hybridized carbons (Fsp3) is 0.0833. The van der Waals surface area contributed by atoms with Gasteiger partial charge in [0.2, 0.25) is 0 Å². The lowest BCUT2D eigenvalue weighted by atomic mass is 10.2. The predicted octanol–water partition coefficient (Wildman–Crippen LogP) is 4.47. The average Bonchev–Trinajstić information content (AvgIpc) is 2.72. The SMILES string of the molecule is O=C(O)c1cc(Br)cc(NCc2ccc(Cl)s2)c1. The van der Waals surface area contributed by atoms with Crippen LogP contribution in [-0.2, 0) is 6.54 Å². The third-order valence-electron chi connectivity index (χ3n) is 2.24. The van der Waals surface area contributed by atoms with Crippen LogP contribution < -0.4 is 5.32 Å². The molecule has 0 fully saturated rings. The van der Waals surface area contributed by atoms with Gasteiger partial charge in [-0.1, -0.05) is 27.5 Å². The number of hydrogen-bond acceptors (Lipinski definition) is 3. The second-order valence-corrected chi connectivity index (χ2v) is 6.31. The van der Waals surface area contributed by atoms with Crippen molar-refractivity contribution in [3.63, 3.8) is 0 Å². The number of halogens is 2. The summed E-state index contributed by atoms with van der Waals surface area (Å²) in [6.45, 7) is 0.618. The number of nitrogens with one attached hydrogen (secondary N) is 1. The Hall–Kier alpha value is -1.04. The van der Waals surface area contributed by atoms with Crippen LogP contribution in [0.1, 0.15) is 15.2 Å². The maximum absolute atomic E-state index is 10.9. The summed E-state index contributed by atoms with van der Waals surface area (Å²) in [6.07, 6.45) is 0. The highest BCUT2D eigenvalue weighted by molar-refractivity contribution is 9.10. The van der Waals surface area contributed by atoms with Crippen molar-refractivity contribution in [1.29, 1.82) is 0 Å². The largest absolute Gasteiger partial charge is 0.478 e. The van der Waals surface area contributed by atoms with Crippen LogP contribution in [0.5, 0.6) is 0 Å². The van der Waals surface area contributed by atoms with Crippen molar-refractivity contribution < 1.29 is 9.90 Å². The molecule has 1 aromatic carbocycles. The van der Waals surface area contributed by atoms with E-state index in [1.54, 1.807) is 12.1 Å². The van der Waals surface area contributed by atoms with Crippen molar-refractivity contribution in [3.8, 4) is 0 Å². The maximum atomic E-state index is 10.9. The summed E-state index contributed by atoms with van der Waals surface area (Å²) in [5, 5.41) is 12.1. The normalized spacial score (nSPS) is 10.3. The van der Waals surface area contributed by atoms with Gasteiger partial charge < -0.3 is 10.4 Å². The van der Waals surface area contributed by atoms with Gasteiger partial charge in [-0.25, -0.2) is 4.79 Å². The standard InChI is InChI=1S/C12H9BrClNO2S/c13-8-3-7(12(16)17)4-9(5-8)15-6-10-1-2-11(14)18-10/h1-5,15H,6H2,(H,16,17). The van der Waals surface area contributed by atoms with Crippen molar-refractivity contribution >= 4 is 50.5 Å². The molecule has 0 aliphatic heterocycles. The van der Waals surface area contributed by atoms with Gasteiger partial charge in [-0.05, 0) is 30.3 Å². The molecule has 0 amide bonds. The average molecular weight is 347 g/mol. The molecule has 94 valence electrons. The van der Waals surface area contributed by atoms with Crippen LogP contribution in [0.15, 0.2) is 34.8 Å². The summed E-state index contributed by atoms with van der Waals surface area (Å²) in [7, 11) is 0. The lowest BCUT2D eigenvalue weighted by Gasteiger charge is -2.06. The molecule has 2 aromatic rings. The molecule has 2 rings (SSSR count). The van der Waals surface area contributed by atoms with Crippen molar-refractivity contribution in [2.45, 2.75) is 6.54 Å². The van der Waals surface area contributed by atoms with Gasteiger partial charge in [0.05, 0.1) is 9.90 Å². The van der Waals surface area contributed by atoms with Gasteiger partial charge in [0, 0.05) is 21.6 Å². The van der Waals surface area contributed by atoms with E-state index in [1.807, 2.05) is 18.2 Å². The highest BCUT2D eigenvalue weighted by Gasteiger charge is 2.06. The van der Waals surface area contributed by atoms with Crippen molar-refractivity contribution in [2.75, 3.05) is 5.32 Å². The van der Waals surface area contributed by atoms with E-state index < -0.39 is 5.97 Å². The number of anilines is 1. The van der Waals surface area contributed by atoms with E-state index in [2.05, 4.69) is 21.2 Å². The molecule has 0 saturated heterocycles. The zero-order chi connectivity index (χ0) is 13.1. The Balaban J connectivity index is 2.11. The van der Waals surface area contributed by atoms with Crippen LogP contribution in [0.4, 0.5) is 5.69 Å². The first-order valence-corrected chi connectivity index (χ1v) is 7.05. The molecule has 0 aliphatic rings. The Morgan fingerprint density at radius 1 is 1.39 bits per heavy atom. The molecule has 18 heavy (non-hydrogen) atoms. The number of hydrogen-bond donors (Lipinski definition) is 2. The van der Waals surface area contributed by atoms with Gasteiger partial charge in [0.1, 0.15) is 0 Å². The second kappa shape index (κ2) is 5.73. The van der Waals surface area contributed by atoms with Crippen LogP contribution in [0.25, 0.3) is 0 Å². The molecule has 6 heteroatoms. The molecule has 0 bridgehead atoms. The molecule has 0 radical (unpaired) electrons. The van der Waals surface area contributed by atoms with E-state index in [-0.39, 0.29) is 5.56 Å². The van der Waals surface area contributed by atoms with Crippen LogP contribution in [0, 0.1) is 0 Å².